The number of hydrogen-bond acceptors (Lipinski definition) is 3. The van der Waals surface area contributed by atoms with Crippen molar-refractivity contribution in [3.8, 4) is 0 Å². The molecule has 0 aliphatic rings. The largest absolute Gasteiger partial charge is 0.364 e. The molecule has 94 valence electrons. The highest BCUT2D eigenvalue weighted by Crippen LogP contribution is 2.19. The van der Waals surface area contributed by atoms with Gasteiger partial charge in [-0.15, -0.1) is 5.10 Å². The van der Waals surface area contributed by atoms with Gasteiger partial charge < -0.3 is 5.32 Å². The summed E-state index contributed by atoms with van der Waals surface area (Å²) in [5.74, 6) is 0.813. The molecule has 0 aliphatic carbocycles. The summed E-state index contributed by atoms with van der Waals surface area (Å²) in [5, 5.41) is 13.9. The van der Waals surface area contributed by atoms with E-state index in [2.05, 4.69) is 58.0 Å². The lowest BCUT2D eigenvalue weighted by Crippen LogP contribution is -2.03. The van der Waals surface area contributed by atoms with E-state index in [1.54, 1.807) is 6.20 Å². The van der Waals surface area contributed by atoms with Crippen LogP contribution in [0.3, 0.4) is 0 Å². The average Bonchev–Trinajstić information content (AvgIpc) is 2.45. The zero-order valence-corrected chi connectivity index (χ0v) is 10.8. The van der Waals surface area contributed by atoms with E-state index in [4.69, 9.17) is 0 Å². The smallest absolute Gasteiger partial charge is 0.149 e. The number of anilines is 1. The molecule has 0 aliphatic heterocycles. The molecule has 0 fully saturated rings. The van der Waals surface area contributed by atoms with Crippen LogP contribution in [0.15, 0.2) is 54.7 Å². The van der Waals surface area contributed by atoms with Gasteiger partial charge in [0.15, 0.2) is 0 Å². The first-order valence-electron chi connectivity index (χ1n) is 6.33. The molecule has 0 saturated heterocycles. The Kier molecular flexibility index (Phi) is 3.11. The van der Waals surface area contributed by atoms with Gasteiger partial charge in [-0.1, -0.05) is 42.5 Å². The fourth-order valence-electron chi connectivity index (χ4n) is 2.18. The van der Waals surface area contributed by atoms with Gasteiger partial charge >= 0.3 is 0 Å². The van der Waals surface area contributed by atoms with Crippen LogP contribution in [0.1, 0.15) is 11.1 Å². The first-order valence-corrected chi connectivity index (χ1v) is 6.33. The molecule has 1 aromatic heterocycles. The molecule has 1 heterocycles. The van der Waals surface area contributed by atoms with Gasteiger partial charge in [0.1, 0.15) is 5.82 Å². The number of nitrogens with zero attached hydrogens (tertiary/aromatic N) is 2. The summed E-state index contributed by atoms with van der Waals surface area (Å²) in [6.07, 6.45) is 1.75. The molecule has 0 unspecified atom stereocenters. The standard InChI is InChI=1S/C16H15N3/c1-12-9-16(19-18-10-12)17-11-14-7-4-6-13-5-2-3-8-15(13)14/h2-10H,11H2,1H3,(H,17,19). The summed E-state index contributed by atoms with van der Waals surface area (Å²) in [7, 11) is 0. The molecule has 1 N–H and O–H groups in total. The summed E-state index contributed by atoms with van der Waals surface area (Å²) in [5.41, 5.74) is 2.37. The van der Waals surface area contributed by atoms with Crippen molar-refractivity contribution in [2.75, 3.05) is 5.32 Å². The topological polar surface area (TPSA) is 37.8 Å². The molecule has 0 atom stereocenters. The van der Waals surface area contributed by atoms with Crippen molar-refractivity contribution in [1.82, 2.24) is 10.2 Å². The van der Waals surface area contributed by atoms with Gasteiger partial charge in [0.05, 0.1) is 6.20 Å². The van der Waals surface area contributed by atoms with E-state index in [1.165, 1.54) is 16.3 Å². The molecule has 3 aromatic rings. The Labute approximate surface area is 112 Å². The van der Waals surface area contributed by atoms with Gasteiger partial charge in [0, 0.05) is 6.54 Å². The maximum absolute atomic E-state index is 4.07. The van der Waals surface area contributed by atoms with E-state index in [0.717, 1.165) is 17.9 Å². The Hall–Kier alpha value is -2.42. The second kappa shape index (κ2) is 5.06. The third-order valence-corrected chi connectivity index (χ3v) is 3.13. The highest BCUT2D eigenvalue weighted by atomic mass is 15.2. The van der Waals surface area contributed by atoms with Gasteiger partial charge in [-0.25, -0.2) is 0 Å². The van der Waals surface area contributed by atoms with Crippen LogP contribution >= 0.6 is 0 Å². The predicted octanol–water partition coefficient (Wildman–Crippen LogP) is 3.55. The summed E-state index contributed by atoms with van der Waals surface area (Å²) < 4.78 is 0. The molecule has 2 aromatic carbocycles. The quantitative estimate of drug-likeness (QED) is 0.771. The zero-order valence-electron chi connectivity index (χ0n) is 10.8. The Morgan fingerprint density at radius 3 is 2.79 bits per heavy atom. The lowest BCUT2D eigenvalue weighted by molar-refractivity contribution is 0.990. The normalized spacial score (nSPS) is 10.6. The van der Waals surface area contributed by atoms with Gasteiger partial charge in [0.25, 0.3) is 0 Å². The average molecular weight is 249 g/mol. The van der Waals surface area contributed by atoms with Gasteiger partial charge in [-0.3, -0.25) is 0 Å². The number of fused-ring (bicyclic) bond motifs is 1. The third kappa shape index (κ3) is 2.55. The van der Waals surface area contributed by atoms with Crippen molar-refractivity contribution >= 4 is 16.6 Å². The minimum absolute atomic E-state index is 0.749. The molecule has 0 amide bonds. The van der Waals surface area contributed by atoms with Crippen molar-refractivity contribution in [1.29, 1.82) is 0 Å². The lowest BCUT2D eigenvalue weighted by atomic mass is 10.0. The van der Waals surface area contributed by atoms with E-state index in [-0.39, 0.29) is 0 Å². The SMILES string of the molecule is Cc1cnnc(NCc2cccc3ccccc23)c1. The van der Waals surface area contributed by atoms with Gasteiger partial charge in [0.2, 0.25) is 0 Å². The van der Waals surface area contributed by atoms with Crippen molar-refractivity contribution in [2.45, 2.75) is 13.5 Å². The number of hydrogen-bond donors (Lipinski definition) is 1. The summed E-state index contributed by atoms with van der Waals surface area (Å²) in [4.78, 5) is 0. The van der Waals surface area contributed by atoms with E-state index >= 15 is 0 Å². The summed E-state index contributed by atoms with van der Waals surface area (Å²) in [6.45, 7) is 2.76. The monoisotopic (exact) mass is 249 g/mol. The summed E-state index contributed by atoms with van der Waals surface area (Å²) >= 11 is 0. The first-order chi connectivity index (χ1) is 9.33. The van der Waals surface area contributed by atoms with E-state index < -0.39 is 0 Å². The molecule has 0 saturated carbocycles. The predicted molar refractivity (Wildman–Crippen MR) is 78.0 cm³/mol. The van der Waals surface area contributed by atoms with Gasteiger partial charge in [-0.2, -0.15) is 5.10 Å². The molecule has 3 nitrogen and oxygen atoms in total. The Bertz CT molecular complexity index is 702. The number of benzene rings is 2. The zero-order chi connectivity index (χ0) is 13.1. The van der Waals surface area contributed by atoms with Crippen LogP contribution in [0, 0.1) is 6.92 Å². The minimum Gasteiger partial charge on any atom is -0.364 e. The highest BCUT2D eigenvalue weighted by molar-refractivity contribution is 5.85. The van der Waals surface area contributed by atoms with Crippen molar-refractivity contribution < 1.29 is 0 Å². The van der Waals surface area contributed by atoms with Crippen molar-refractivity contribution in [2.24, 2.45) is 0 Å². The van der Waals surface area contributed by atoms with Crippen LogP contribution in [0.4, 0.5) is 5.82 Å². The van der Waals surface area contributed by atoms with Crippen LogP contribution in [-0.2, 0) is 6.54 Å². The number of nitrogens with one attached hydrogen (secondary N) is 1. The van der Waals surface area contributed by atoms with Crippen LogP contribution in [-0.4, -0.2) is 10.2 Å². The molecule has 3 rings (SSSR count). The fraction of sp³-hybridized carbons (Fsp3) is 0.125. The van der Waals surface area contributed by atoms with E-state index in [9.17, 15) is 0 Å². The molecular formula is C16H15N3. The Balaban J connectivity index is 1.86. The lowest BCUT2D eigenvalue weighted by Gasteiger charge is -2.08. The van der Waals surface area contributed by atoms with Gasteiger partial charge in [-0.05, 0) is 34.9 Å². The van der Waals surface area contributed by atoms with E-state index in [0.29, 0.717) is 0 Å². The minimum atomic E-state index is 0.749. The first kappa shape index (κ1) is 11.7. The van der Waals surface area contributed by atoms with Crippen LogP contribution in [0.5, 0.6) is 0 Å². The van der Waals surface area contributed by atoms with Crippen LogP contribution < -0.4 is 5.32 Å². The van der Waals surface area contributed by atoms with Crippen molar-refractivity contribution in [3.05, 3.63) is 65.9 Å². The Morgan fingerprint density at radius 2 is 1.89 bits per heavy atom. The molecule has 3 heteroatoms. The molecule has 0 bridgehead atoms. The van der Waals surface area contributed by atoms with E-state index in [1.807, 2.05) is 13.0 Å². The number of aromatic nitrogens is 2. The highest BCUT2D eigenvalue weighted by Gasteiger charge is 2.01. The second-order valence-electron chi connectivity index (χ2n) is 4.61. The number of rotatable bonds is 3. The molecular weight excluding hydrogens is 234 g/mol. The summed E-state index contributed by atoms with van der Waals surface area (Å²) in [6, 6.07) is 16.8. The molecule has 0 spiro atoms. The van der Waals surface area contributed by atoms with Crippen LogP contribution in [0.2, 0.25) is 0 Å². The number of aryl methyl sites for hydroxylation is 1. The van der Waals surface area contributed by atoms with Crippen molar-refractivity contribution in [3.63, 3.8) is 0 Å². The van der Waals surface area contributed by atoms with Crippen LogP contribution in [0.25, 0.3) is 10.8 Å². The molecule has 0 radical (unpaired) electrons. The maximum atomic E-state index is 4.07. The molecule has 19 heavy (non-hydrogen) atoms. The third-order valence-electron chi connectivity index (χ3n) is 3.13. The maximum Gasteiger partial charge on any atom is 0.149 e. The fourth-order valence-corrected chi connectivity index (χ4v) is 2.18. The second-order valence-corrected chi connectivity index (χ2v) is 4.61. The Morgan fingerprint density at radius 1 is 1.05 bits per heavy atom.